The van der Waals surface area contributed by atoms with E-state index in [1.54, 1.807) is 0 Å². The zero-order chi connectivity index (χ0) is 15.5. The second kappa shape index (κ2) is 6.14. The maximum absolute atomic E-state index is 11.5. The molecule has 20 heavy (non-hydrogen) atoms. The molecule has 2 unspecified atom stereocenters. The van der Waals surface area contributed by atoms with Crippen LogP contribution in [0.5, 0.6) is 0 Å². The summed E-state index contributed by atoms with van der Waals surface area (Å²) < 4.78 is 5.01. The van der Waals surface area contributed by atoms with Gasteiger partial charge < -0.3 is 25.3 Å². The topological polar surface area (TPSA) is 115 Å². The molecule has 8 nitrogen and oxygen atoms in total. The van der Waals surface area contributed by atoms with Crippen molar-refractivity contribution in [2.75, 3.05) is 12.4 Å². The van der Waals surface area contributed by atoms with Crippen molar-refractivity contribution in [3.63, 3.8) is 0 Å². The molecule has 110 valence electrons. The van der Waals surface area contributed by atoms with Crippen LogP contribution in [0.15, 0.2) is 16.7 Å². The summed E-state index contributed by atoms with van der Waals surface area (Å²) in [5.41, 5.74) is -1.76. The van der Waals surface area contributed by atoms with Crippen LogP contribution in [-0.4, -0.2) is 39.7 Å². The number of aliphatic hydroxyl groups is 1. The van der Waals surface area contributed by atoms with Gasteiger partial charge in [0, 0.05) is 0 Å². The minimum absolute atomic E-state index is 0.0843. The first-order valence-electron chi connectivity index (χ1n) is 5.57. The molecule has 2 atom stereocenters. The monoisotopic (exact) mass is 347 g/mol. The first kappa shape index (κ1) is 16.3. The van der Waals surface area contributed by atoms with E-state index >= 15 is 0 Å². The van der Waals surface area contributed by atoms with E-state index in [2.05, 4.69) is 31.0 Å². The lowest BCUT2D eigenvalue weighted by molar-refractivity contribution is -0.388. The smallest absolute Gasteiger partial charge is 0.386 e. The Hall–Kier alpha value is -1.74. The zero-order valence-corrected chi connectivity index (χ0v) is 12.7. The van der Waals surface area contributed by atoms with Gasteiger partial charge in [0.25, 0.3) is 0 Å². The number of pyridine rings is 1. The van der Waals surface area contributed by atoms with E-state index in [0.29, 0.717) is 4.47 Å². The molecule has 2 N–H and O–H groups in total. The average Bonchev–Trinajstić information content (AvgIpc) is 2.37. The molecule has 0 radical (unpaired) electrons. The van der Waals surface area contributed by atoms with Crippen LogP contribution < -0.4 is 5.32 Å². The van der Waals surface area contributed by atoms with E-state index in [-0.39, 0.29) is 5.69 Å². The molecule has 1 heterocycles. The van der Waals surface area contributed by atoms with Crippen molar-refractivity contribution in [2.24, 2.45) is 0 Å². The fourth-order valence-corrected chi connectivity index (χ4v) is 1.77. The van der Waals surface area contributed by atoms with Gasteiger partial charge >= 0.3 is 11.8 Å². The number of rotatable bonds is 5. The van der Waals surface area contributed by atoms with E-state index in [1.807, 2.05) is 0 Å². The first-order chi connectivity index (χ1) is 9.20. The lowest BCUT2D eigenvalue weighted by Crippen LogP contribution is -2.49. The normalized spacial score (nSPS) is 15.1. The van der Waals surface area contributed by atoms with Gasteiger partial charge in [-0.1, -0.05) is 0 Å². The Labute approximate surface area is 123 Å². The number of anilines is 1. The summed E-state index contributed by atoms with van der Waals surface area (Å²) >= 11 is 3.15. The van der Waals surface area contributed by atoms with E-state index in [0.717, 1.165) is 7.11 Å². The van der Waals surface area contributed by atoms with Gasteiger partial charge in [0.15, 0.2) is 11.8 Å². The highest BCUT2D eigenvalue weighted by atomic mass is 79.9. The van der Waals surface area contributed by atoms with Crippen LogP contribution in [0.1, 0.15) is 13.8 Å². The molecule has 0 aliphatic carbocycles. The Morgan fingerprint density at radius 3 is 2.80 bits per heavy atom. The lowest BCUT2D eigenvalue weighted by Gasteiger charge is -2.28. The Kier molecular flexibility index (Phi) is 5.01. The lowest BCUT2D eigenvalue weighted by atomic mass is 9.98. The highest BCUT2D eigenvalue weighted by molar-refractivity contribution is 9.10. The van der Waals surface area contributed by atoms with Crippen LogP contribution >= 0.6 is 15.9 Å². The molecule has 0 aromatic carbocycles. The van der Waals surface area contributed by atoms with E-state index < -0.39 is 28.4 Å². The molecule has 1 aromatic heterocycles. The maximum atomic E-state index is 11.5. The summed E-state index contributed by atoms with van der Waals surface area (Å²) in [6.07, 6.45) is 1.28. The largest absolute Gasteiger partial charge is 0.467 e. The molecule has 9 heteroatoms. The van der Waals surface area contributed by atoms with Gasteiger partial charge in [-0.2, -0.15) is 0 Å². The number of carbonyl (C=O) groups is 1. The molecule has 0 aliphatic rings. The molecule has 1 rings (SSSR count). The van der Waals surface area contributed by atoms with Gasteiger partial charge in [-0.15, -0.1) is 0 Å². The summed E-state index contributed by atoms with van der Waals surface area (Å²) in [6.45, 7) is 2.76. The Balaban J connectivity index is 3.07. The Morgan fingerprint density at radius 2 is 2.30 bits per heavy atom. The standard InChI is InChI=1S/C11H14BrN3O5/c1-6(11(2,17)10(16)20-3)14-8-4-7(12)5-13-9(8)15(18)19/h4-6,14,17H,1-3H3. The predicted molar refractivity (Wildman–Crippen MR) is 74.3 cm³/mol. The van der Waals surface area contributed by atoms with Gasteiger partial charge in [0.2, 0.25) is 0 Å². The highest BCUT2D eigenvalue weighted by Gasteiger charge is 2.38. The van der Waals surface area contributed by atoms with Crippen molar-refractivity contribution in [3.8, 4) is 0 Å². The molecule has 0 saturated heterocycles. The Bertz CT molecular complexity index is 535. The van der Waals surface area contributed by atoms with Gasteiger partial charge in [0.05, 0.1) is 17.6 Å². The van der Waals surface area contributed by atoms with E-state index in [4.69, 9.17) is 0 Å². The SMILES string of the molecule is COC(=O)C(C)(O)C(C)Nc1cc(Br)cnc1[N+](=O)[O-]. The van der Waals surface area contributed by atoms with Gasteiger partial charge in [-0.3, -0.25) is 0 Å². The van der Waals surface area contributed by atoms with Gasteiger partial charge in [0.1, 0.15) is 5.69 Å². The van der Waals surface area contributed by atoms with Crippen molar-refractivity contribution in [3.05, 3.63) is 26.9 Å². The summed E-state index contributed by atoms with van der Waals surface area (Å²) in [6, 6.07) is 0.611. The van der Waals surface area contributed by atoms with Crippen molar-refractivity contribution in [2.45, 2.75) is 25.5 Å². The number of ether oxygens (including phenoxy) is 1. The number of methoxy groups -OCH3 is 1. The average molecular weight is 348 g/mol. The number of carbonyl (C=O) groups excluding carboxylic acids is 1. The summed E-state index contributed by atoms with van der Waals surface area (Å²) in [5, 5.41) is 23.7. The zero-order valence-electron chi connectivity index (χ0n) is 11.1. The van der Waals surface area contributed by atoms with Crippen LogP contribution in [0.3, 0.4) is 0 Å². The van der Waals surface area contributed by atoms with Crippen LogP contribution in [0.4, 0.5) is 11.5 Å². The van der Waals surface area contributed by atoms with Crippen LogP contribution in [-0.2, 0) is 9.53 Å². The molecular formula is C11H14BrN3O5. The second-order valence-corrected chi connectivity index (χ2v) is 5.20. The number of hydrogen-bond acceptors (Lipinski definition) is 7. The number of aromatic nitrogens is 1. The molecule has 1 aromatic rings. The van der Waals surface area contributed by atoms with Gasteiger partial charge in [-0.25, -0.2) is 4.79 Å². The number of nitrogens with zero attached hydrogens (tertiary/aromatic N) is 2. The van der Waals surface area contributed by atoms with E-state index in [9.17, 15) is 20.0 Å². The third-order valence-corrected chi connectivity index (χ3v) is 3.25. The van der Waals surface area contributed by atoms with Gasteiger partial charge in [-0.05, 0) is 45.8 Å². The predicted octanol–water partition coefficient (Wildman–Crippen LogP) is 1.48. The molecular weight excluding hydrogens is 334 g/mol. The number of nitrogens with one attached hydrogen (secondary N) is 1. The molecule has 0 bridgehead atoms. The van der Waals surface area contributed by atoms with Crippen LogP contribution in [0.25, 0.3) is 0 Å². The van der Waals surface area contributed by atoms with Crippen LogP contribution in [0, 0.1) is 10.1 Å². The molecule has 0 spiro atoms. The molecule has 0 saturated carbocycles. The minimum Gasteiger partial charge on any atom is -0.467 e. The third-order valence-electron chi connectivity index (χ3n) is 2.82. The number of hydrogen-bond donors (Lipinski definition) is 2. The van der Waals surface area contributed by atoms with Crippen molar-refractivity contribution in [1.82, 2.24) is 4.98 Å². The third kappa shape index (κ3) is 3.42. The highest BCUT2D eigenvalue weighted by Crippen LogP contribution is 2.27. The summed E-state index contributed by atoms with van der Waals surface area (Å²) in [7, 11) is 1.15. The summed E-state index contributed by atoms with van der Waals surface area (Å²) in [5.74, 6) is -1.25. The van der Waals surface area contributed by atoms with Crippen molar-refractivity contribution >= 4 is 33.4 Å². The minimum atomic E-state index is -1.84. The van der Waals surface area contributed by atoms with E-state index in [1.165, 1.54) is 26.1 Å². The second-order valence-electron chi connectivity index (χ2n) is 4.29. The molecule has 0 aliphatic heterocycles. The number of halogens is 1. The number of esters is 1. The molecule has 0 amide bonds. The fourth-order valence-electron chi connectivity index (χ4n) is 1.44. The molecule has 0 fully saturated rings. The van der Waals surface area contributed by atoms with Crippen LogP contribution in [0.2, 0.25) is 0 Å². The first-order valence-corrected chi connectivity index (χ1v) is 6.36. The Morgan fingerprint density at radius 1 is 1.70 bits per heavy atom. The fraction of sp³-hybridized carbons (Fsp3) is 0.455. The maximum Gasteiger partial charge on any atom is 0.386 e. The summed E-state index contributed by atoms with van der Waals surface area (Å²) in [4.78, 5) is 25.4. The van der Waals surface area contributed by atoms with Crippen molar-refractivity contribution < 1.29 is 19.6 Å². The van der Waals surface area contributed by atoms with Crippen molar-refractivity contribution in [1.29, 1.82) is 0 Å². The quantitative estimate of drug-likeness (QED) is 0.470. The number of nitro groups is 1.